The van der Waals surface area contributed by atoms with E-state index in [2.05, 4.69) is 0 Å². The third-order valence-electron chi connectivity index (χ3n) is 3.89. The Balaban J connectivity index is 1.90. The first-order valence-electron chi connectivity index (χ1n) is 7.50. The fourth-order valence-corrected chi connectivity index (χ4v) is 2.53. The highest BCUT2D eigenvalue weighted by Crippen LogP contribution is 2.19. The van der Waals surface area contributed by atoms with Crippen molar-refractivity contribution in [2.45, 2.75) is 12.8 Å². The number of nitrogens with two attached hydrogens (primary N) is 1. The molecule has 2 rings (SSSR count). The quantitative estimate of drug-likeness (QED) is 0.798. The van der Waals surface area contributed by atoms with Gasteiger partial charge in [-0.15, -0.1) is 0 Å². The molecule has 1 atom stereocenters. The van der Waals surface area contributed by atoms with Gasteiger partial charge >= 0.3 is 5.97 Å². The molecule has 7 nitrogen and oxygen atoms in total. The molecule has 130 valence electrons. The van der Waals surface area contributed by atoms with Gasteiger partial charge in [0.1, 0.15) is 0 Å². The number of hydrogen-bond acceptors (Lipinski definition) is 5. The molecule has 1 fully saturated rings. The lowest BCUT2D eigenvalue weighted by molar-refractivity contribution is -0.137. The molecule has 0 bridgehead atoms. The number of carbonyl (C=O) groups is 3. The van der Waals surface area contributed by atoms with Gasteiger partial charge in [0.05, 0.1) is 18.6 Å². The Kier molecular flexibility index (Phi) is 5.73. The third-order valence-corrected chi connectivity index (χ3v) is 3.89. The minimum absolute atomic E-state index is 0.00781. The van der Waals surface area contributed by atoms with Crippen LogP contribution >= 0.6 is 0 Å². The summed E-state index contributed by atoms with van der Waals surface area (Å²) in [5.41, 5.74) is 5.24. The van der Waals surface area contributed by atoms with Crippen LogP contribution in [0, 0.1) is 11.7 Å². The van der Waals surface area contributed by atoms with Gasteiger partial charge in [0.15, 0.2) is 18.2 Å². The molecule has 2 N–H and O–H groups in total. The van der Waals surface area contributed by atoms with Crippen LogP contribution in [0.3, 0.4) is 0 Å². The van der Waals surface area contributed by atoms with Crippen molar-refractivity contribution < 1.29 is 28.2 Å². The third kappa shape index (κ3) is 4.21. The molecule has 2 amide bonds. The summed E-state index contributed by atoms with van der Waals surface area (Å²) >= 11 is 0. The van der Waals surface area contributed by atoms with Crippen molar-refractivity contribution in [1.29, 1.82) is 0 Å². The van der Waals surface area contributed by atoms with E-state index < -0.39 is 30.2 Å². The second-order valence-corrected chi connectivity index (χ2v) is 5.51. The Morgan fingerprint density at radius 1 is 1.38 bits per heavy atom. The Morgan fingerprint density at radius 2 is 2.12 bits per heavy atom. The predicted molar refractivity (Wildman–Crippen MR) is 81.7 cm³/mol. The number of likely N-dealkylation sites (tertiary alicyclic amines) is 1. The number of hydrogen-bond donors (Lipinski definition) is 1. The number of benzene rings is 1. The van der Waals surface area contributed by atoms with Gasteiger partial charge in [-0.2, -0.15) is 0 Å². The summed E-state index contributed by atoms with van der Waals surface area (Å²) < 4.78 is 23.2. The van der Waals surface area contributed by atoms with Crippen molar-refractivity contribution in [2.75, 3.05) is 26.8 Å². The lowest BCUT2D eigenvalue weighted by atomic mass is 9.97. The molecule has 0 aliphatic carbocycles. The van der Waals surface area contributed by atoms with Crippen LogP contribution in [-0.2, 0) is 14.3 Å². The van der Waals surface area contributed by atoms with Crippen LogP contribution in [0.5, 0.6) is 5.75 Å². The van der Waals surface area contributed by atoms with Gasteiger partial charge in [-0.25, -0.2) is 9.18 Å². The molecule has 1 heterocycles. The highest BCUT2D eigenvalue weighted by Gasteiger charge is 2.27. The lowest BCUT2D eigenvalue weighted by Crippen LogP contribution is -2.45. The van der Waals surface area contributed by atoms with E-state index in [1.54, 1.807) is 0 Å². The van der Waals surface area contributed by atoms with E-state index >= 15 is 0 Å². The number of rotatable bonds is 5. The molecular weight excluding hydrogens is 319 g/mol. The van der Waals surface area contributed by atoms with Gasteiger partial charge in [-0.3, -0.25) is 9.59 Å². The molecule has 8 heteroatoms. The molecule has 1 aromatic carbocycles. The van der Waals surface area contributed by atoms with E-state index in [0.29, 0.717) is 19.4 Å². The molecule has 24 heavy (non-hydrogen) atoms. The van der Waals surface area contributed by atoms with Crippen molar-refractivity contribution in [3.63, 3.8) is 0 Å². The number of nitrogens with zero attached hydrogens (tertiary/aromatic N) is 1. The fourth-order valence-electron chi connectivity index (χ4n) is 2.53. The number of halogens is 1. The van der Waals surface area contributed by atoms with Crippen LogP contribution in [0.2, 0.25) is 0 Å². The van der Waals surface area contributed by atoms with Crippen LogP contribution in [0.25, 0.3) is 0 Å². The average Bonchev–Trinajstić information content (AvgIpc) is 2.59. The van der Waals surface area contributed by atoms with Crippen LogP contribution < -0.4 is 10.5 Å². The van der Waals surface area contributed by atoms with Crippen molar-refractivity contribution in [1.82, 2.24) is 4.90 Å². The molecule has 0 aromatic heterocycles. The topological polar surface area (TPSA) is 98.9 Å². The first-order chi connectivity index (χ1) is 11.4. The van der Waals surface area contributed by atoms with E-state index in [4.69, 9.17) is 15.2 Å². The Bertz CT molecular complexity index is 649. The smallest absolute Gasteiger partial charge is 0.338 e. The number of ether oxygens (including phenoxy) is 2. The standard InChI is InChI=1S/C16H19FN2O5/c1-23-13-5-4-10(7-12(13)17)16(22)24-9-14(20)19-6-2-3-11(8-19)15(18)21/h4-5,7,11H,2-3,6,8-9H2,1H3,(H2,18,21)/t11-/m0/s1. The van der Waals surface area contributed by atoms with Crippen LogP contribution in [0.1, 0.15) is 23.2 Å². The number of piperidine rings is 1. The highest BCUT2D eigenvalue weighted by molar-refractivity contribution is 5.91. The molecule has 0 spiro atoms. The van der Waals surface area contributed by atoms with Gasteiger partial charge in [-0.1, -0.05) is 0 Å². The van der Waals surface area contributed by atoms with Gasteiger partial charge in [0.25, 0.3) is 5.91 Å². The van der Waals surface area contributed by atoms with Crippen molar-refractivity contribution >= 4 is 17.8 Å². The summed E-state index contributed by atoms with van der Waals surface area (Å²) in [4.78, 5) is 36.6. The van der Waals surface area contributed by atoms with Crippen molar-refractivity contribution in [3.8, 4) is 5.75 Å². The summed E-state index contributed by atoms with van der Waals surface area (Å²) in [5, 5.41) is 0. The van der Waals surface area contributed by atoms with E-state index in [-0.39, 0.29) is 23.8 Å². The van der Waals surface area contributed by atoms with E-state index in [9.17, 15) is 18.8 Å². The van der Waals surface area contributed by atoms with Gasteiger partial charge in [0.2, 0.25) is 5.91 Å². The highest BCUT2D eigenvalue weighted by atomic mass is 19.1. The molecule has 1 aliphatic rings. The fraction of sp³-hybridized carbons (Fsp3) is 0.438. The van der Waals surface area contributed by atoms with E-state index in [1.165, 1.54) is 24.1 Å². The number of carbonyl (C=O) groups excluding carboxylic acids is 3. The number of primary amides is 1. The maximum atomic E-state index is 13.6. The zero-order chi connectivity index (χ0) is 17.7. The SMILES string of the molecule is COc1ccc(C(=O)OCC(=O)N2CCC[C@H](C(N)=O)C2)cc1F. The van der Waals surface area contributed by atoms with Crippen LogP contribution in [-0.4, -0.2) is 49.5 Å². The first-order valence-corrected chi connectivity index (χ1v) is 7.50. The van der Waals surface area contributed by atoms with Gasteiger partial charge in [0, 0.05) is 13.1 Å². The summed E-state index contributed by atoms with van der Waals surface area (Å²) in [7, 11) is 1.31. The van der Waals surface area contributed by atoms with Gasteiger partial charge in [-0.05, 0) is 31.0 Å². The van der Waals surface area contributed by atoms with Crippen molar-refractivity contribution in [2.24, 2.45) is 11.7 Å². The molecular formula is C16H19FN2O5. The van der Waals surface area contributed by atoms with E-state index in [1.807, 2.05) is 0 Å². The van der Waals surface area contributed by atoms with Crippen molar-refractivity contribution in [3.05, 3.63) is 29.6 Å². The summed E-state index contributed by atoms with van der Waals surface area (Å²) in [6.07, 6.45) is 1.31. The number of esters is 1. The molecule has 1 aromatic rings. The summed E-state index contributed by atoms with van der Waals surface area (Å²) in [6, 6.07) is 3.63. The largest absolute Gasteiger partial charge is 0.494 e. The second-order valence-electron chi connectivity index (χ2n) is 5.51. The molecule has 1 saturated heterocycles. The first kappa shape index (κ1) is 17.7. The molecule has 0 radical (unpaired) electrons. The summed E-state index contributed by atoms with van der Waals surface area (Å²) in [5.74, 6) is -2.74. The maximum Gasteiger partial charge on any atom is 0.338 e. The second kappa shape index (κ2) is 7.76. The Labute approximate surface area is 138 Å². The minimum Gasteiger partial charge on any atom is -0.494 e. The lowest BCUT2D eigenvalue weighted by Gasteiger charge is -2.31. The van der Waals surface area contributed by atoms with Gasteiger partial charge < -0.3 is 20.1 Å². The zero-order valence-electron chi connectivity index (χ0n) is 13.3. The predicted octanol–water partition coefficient (Wildman–Crippen LogP) is 0.715. The Morgan fingerprint density at radius 3 is 2.75 bits per heavy atom. The van der Waals surface area contributed by atoms with Crippen LogP contribution in [0.15, 0.2) is 18.2 Å². The monoisotopic (exact) mass is 338 g/mol. The number of amides is 2. The number of methoxy groups -OCH3 is 1. The molecule has 1 aliphatic heterocycles. The zero-order valence-corrected chi connectivity index (χ0v) is 13.3. The van der Waals surface area contributed by atoms with Crippen LogP contribution in [0.4, 0.5) is 4.39 Å². The maximum absolute atomic E-state index is 13.6. The molecule has 0 unspecified atom stereocenters. The normalized spacial score (nSPS) is 17.2. The minimum atomic E-state index is -0.812. The average molecular weight is 338 g/mol. The Hall–Kier alpha value is -2.64. The molecule has 0 saturated carbocycles. The summed E-state index contributed by atoms with van der Waals surface area (Å²) in [6.45, 7) is 0.234. The van der Waals surface area contributed by atoms with E-state index in [0.717, 1.165) is 6.07 Å².